The highest BCUT2D eigenvalue weighted by Gasteiger charge is 2.22. The third-order valence-corrected chi connectivity index (χ3v) is 7.81. The van der Waals surface area contributed by atoms with Gasteiger partial charge in [0, 0.05) is 47.4 Å². The van der Waals surface area contributed by atoms with Crippen LogP contribution < -0.4 is 10.0 Å². The van der Waals surface area contributed by atoms with Gasteiger partial charge in [0.15, 0.2) is 5.82 Å². The quantitative estimate of drug-likeness (QED) is 0.160. The van der Waals surface area contributed by atoms with Crippen molar-refractivity contribution in [1.29, 1.82) is 0 Å². The lowest BCUT2D eigenvalue weighted by Crippen LogP contribution is -2.23. The number of aromatic nitrogens is 2. The van der Waals surface area contributed by atoms with Crippen LogP contribution in [0.4, 0.5) is 20.2 Å². The van der Waals surface area contributed by atoms with Gasteiger partial charge in [0.2, 0.25) is 15.9 Å². The largest absolute Gasteiger partial charge is 0.460 e. The molecule has 228 valence electrons. The minimum Gasteiger partial charge on any atom is -0.460 e. The zero-order valence-corrected chi connectivity index (χ0v) is 25.2. The molecule has 0 bridgehead atoms. The second-order valence-electron chi connectivity index (χ2n) is 11.1. The van der Waals surface area contributed by atoms with Crippen molar-refractivity contribution in [3.63, 3.8) is 0 Å². The van der Waals surface area contributed by atoms with E-state index in [0.717, 1.165) is 17.7 Å². The van der Waals surface area contributed by atoms with Gasteiger partial charge in [-0.25, -0.2) is 22.2 Å². The number of H-pyrrole nitrogens is 1. The van der Waals surface area contributed by atoms with Crippen molar-refractivity contribution in [2.45, 2.75) is 59.0 Å². The number of fused-ring (bicyclic) bond motifs is 1. The molecule has 1 amide bonds. The number of rotatable bonds is 11. The first-order chi connectivity index (χ1) is 20.3. The fraction of sp³-hybridized carbons (Fsp3) is 0.323. The number of nitrogens with zero attached hydrogens (tertiary/aromatic N) is 1. The number of esters is 1. The van der Waals surface area contributed by atoms with Crippen LogP contribution in [0.2, 0.25) is 0 Å². The molecule has 2 aromatic carbocycles. The van der Waals surface area contributed by atoms with Crippen LogP contribution in [0.5, 0.6) is 0 Å². The van der Waals surface area contributed by atoms with E-state index < -0.39 is 27.3 Å². The Balaban J connectivity index is 1.51. The summed E-state index contributed by atoms with van der Waals surface area (Å²) in [5.74, 6) is -2.67. The van der Waals surface area contributed by atoms with Crippen molar-refractivity contribution < 1.29 is 31.5 Å². The number of pyridine rings is 1. The lowest BCUT2D eigenvalue weighted by atomic mass is 10.0. The number of sulfonamides is 1. The van der Waals surface area contributed by atoms with E-state index in [1.54, 1.807) is 64.2 Å². The molecule has 0 atom stereocenters. The maximum Gasteiger partial charge on any atom is 0.306 e. The van der Waals surface area contributed by atoms with Gasteiger partial charge in [-0.1, -0.05) is 19.1 Å². The van der Waals surface area contributed by atoms with E-state index >= 15 is 4.39 Å². The number of carbonyl (C=O) groups excluding carboxylic acids is 2. The average Bonchev–Trinajstić information content (AvgIpc) is 3.33. The maximum absolute atomic E-state index is 15.5. The van der Waals surface area contributed by atoms with Crippen molar-refractivity contribution in [2.75, 3.05) is 15.8 Å². The number of carbonyl (C=O) groups is 2. The summed E-state index contributed by atoms with van der Waals surface area (Å²) in [6.45, 7) is 7.04. The standard InChI is InChI=1S/C31H34F2N4O5S/c1-5-15-43(40,41)37-25-14-13-24(32)28(29(25)33)23-18-35-30-22(23)16-20(17-34-30)19-9-11-21(12-10-19)36-26(38)7-6-8-27(39)42-31(2,3)4/h9-14,16-18,37H,5-8,15H2,1-4H3,(H,34,35)(H,36,38). The Bertz CT molecular complexity index is 1750. The zero-order valence-electron chi connectivity index (χ0n) is 24.4. The molecular formula is C31H34F2N4O5S. The molecule has 12 heteroatoms. The summed E-state index contributed by atoms with van der Waals surface area (Å²) in [5, 5.41) is 3.23. The Hall–Kier alpha value is -4.32. The molecule has 43 heavy (non-hydrogen) atoms. The summed E-state index contributed by atoms with van der Waals surface area (Å²) in [6, 6.07) is 10.8. The number of nitrogens with one attached hydrogen (secondary N) is 3. The topological polar surface area (TPSA) is 130 Å². The number of anilines is 2. The Morgan fingerprint density at radius 2 is 1.74 bits per heavy atom. The smallest absolute Gasteiger partial charge is 0.306 e. The number of hydrogen-bond donors (Lipinski definition) is 3. The minimum atomic E-state index is -3.79. The molecule has 0 radical (unpaired) electrons. The van der Waals surface area contributed by atoms with Gasteiger partial charge < -0.3 is 15.0 Å². The highest BCUT2D eigenvalue weighted by Crippen LogP contribution is 2.36. The van der Waals surface area contributed by atoms with Gasteiger partial charge in [-0.2, -0.15) is 0 Å². The summed E-state index contributed by atoms with van der Waals surface area (Å²) >= 11 is 0. The summed E-state index contributed by atoms with van der Waals surface area (Å²) in [7, 11) is -3.79. The van der Waals surface area contributed by atoms with E-state index in [0.29, 0.717) is 35.1 Å². The van der Waals surface area contributed by atoms with E-state index in [2.05, 4.69) is 20.0 Å². The lowest BCUT2D eigenvalue weighted by molar-refractivity contribution is -0.154. The Labute approximate surface area is 249 Å². The molecule has 4 rings (SSSR count). The molecule has 0 spiro atoms. The van der Waals surface area contributed by atoms with E-state index in [1.165, 1.54) is 6.20 Å². The van der Waals surface area contributed by atoms with Crippen molar-refractivity contribution in [1.82, 2.24) is 9.97 Å². The Morgan fingerprint density at radius 1 is 1.02 bits per heavy atom. The highest BCUT2D eigenvalue weighted by molar-refractivity contribution is 7.92. The van der Waals surface area contributed by atoms with Crippen LogP contribution >= 0.6 is 0 Å². The second-order valence-corrected chi connectivity index (χ2v) is 12.9. The van der Waals surface area contributed by atoms with Gasteiger partial charge in [-0.15, -0.1) is 0 Å². The normalized spacial score (nSPS) is 11.9. The number of halogens is 2. The monoisotopic (exact) mass is 612 g/mol. The van der Waals surface area contributed by atoms with Crippen molar-refractivity contribution >= 4 is 44.3 Å². The maximum atomic E-state index is 15.5. The van der Waals surface area contributed by atoms with E-state index in [-0.39, 0.29) is 47.3 Å². The molecule has 0 aliphatic rings. The van der Waals surface area contributed by atoms with E-state index in [4.69, 9.17) is 4.74 Å². The van der Waals surface area contributed by atoms with Crippen LogP contribution in [0.1, 0.15) is 53.4 Å². The van der Waals surface area contributed by atoms with Gasteiger partial charge >= 0.3 is 5.97 Å². The molecule has 3 N–H and O–H groups in total. The van der Waals surface area contributed by atoms with Crippen LogP contribution in [-0.4, -0.2) is 41.6 Å². The lowest BCUT2D eigenvalue weighted by Gasteiger charge is -2.19. The van der Waals surface area contributed by atoms with Crippen LogP contribution in [0, 0.1) is 11.6 Å². The van der Waals surface area contributed by atoms with Gasteiger partial charge in [0.25, 0.3) is 0 Å². The molecule has 4 aromatic rings. The number of benzene rings is 2. The molecule has 0 aliphatic heterocycles. The molecular weight excluding hydrogens is 578 g/mol. The second kappa shape index (κ2) is 12.9. The van der Waals surface area contributed by atoms with Crippen molar-refractivity contribution in [3.05, 3.63) is 66.5 Å². The van der Waals surface area contributed by atoms with Gasteiger partial charge in [-0.3, -0.25) is 14.3 Å². The van der Waals surface area contributed by atoms with Gasteiger partial charge in [0.1, 0.15) is 17.1 Å². The first-order valence-electron chi connectivity index (χ1n) is 13.8. The third-order valence-electron chi connectivity index (χ3n) is 6.34. The molecule has 0 unspecified atom stereocenters. The zero-order chi connectivity index (χ0) is 31.4. The minimum absolute atomic E-state index is 0.146. The first-order valence-corrected chi connectivity index (χ1v) is 15.5. The number of aromatic amines is 1. The number of hydrogen-bond acceptors (Lipinski definition) is 6. The molecule has 0 fully saturated rings. The number of amides is 1. The van der Waals surface area contributed by atoms with E-state index in [1.807, 2.05) is 0 Å². The summed E-state index contributed by atoms with van der Waals surface area (Å²) in [6.07, 6.45) is 4.03. The molecule has 9 nitrogen and oxygen atoms in total. The third kappa shape index (κ3) is 8.16. The van der Waals surface area contributed by atoms with Gasteiger partial charge in [-0.05, 0) is 69.5 Å². The summed E-state index contributed by atoms with van der Waals surface area (Å²) in [5.41, 5.74) is 1.25. The van der Waals surface area contributed by atoms with Gasteiger partial charge in [0.05, 0.1) is 17.0 Å². The predicted octanol–water partition coefficient (Wildman–Crippen LogP) is 6.78. The Morgan fingerprint density at radius 3 is 2.42 bits per heavy atom. The molecule has 2 aromatic heterocycles. The van der Waals surface area contributed by atoms with Crippen LogP contribution in [-0.2, 0) is 24.3 Å². The average molecular weight is 613 g/mol. The summed E-state index contributed by atoms with van der Waals surface area (Å²) < 4.78 is 62.3. The fourth-order valence-electron chi connectivity index (χ4n) is 4.49. The molecule has 0 aliphatic carbocycles. The van der Waals surface area contributed by atoms with Crippen LogP contribution in [0.15, 0.2) is 54.9 Å². The number of ether oxygens (including phenoxy) is 1. The SMILES string of the molecule is CCCS(=O)(=O)Nc1ccc(F)c(-c2c[nH]c3ncc(-c4ccc(NC(=O)CCCC(=O)OC(C)(C)C)cc4)cc23)c1F. The molecule has 2 heterocycles. The summed E-state index contributed by atoms with van der Waals surface area (Å²) in [4.78, 5) is 31.5. The van der Waals surface area contributed by atoms with Crippen LogP contribution in [0.3, 0.4) is 0 Å². The first kappa shape index (κ1) is 31.6. The Kier molecular flexibility index (Phi) is 9.49. The van der Waals surface area contributed by atoms with Crippen molar-refractivity contribution in [2.24, 2.45) is 0 Å². The molecule has 0 saturated carbocycles. The molecule has 0 saturated heterocycles. The van der Waals surface area contributed by atoms with Crippen LogP contribution in [0.25, 0.3) is 33.3 Å². The van der Waals surface area contributed by atoms with Crippen molar-refractivity contribution in [3.8, 4) is 22.3 Å². The van der Waals surface area contributed by atoms with E-state index in [9.17, 15) is 22.4 Å². The predicted molar refractivity (Wildman–Crippen MR) is 163 cm³/mol. The fourth-order valence-corrected chi connectivity index (χ4v) is 5.62. The highest BCUT2D eigenvalue weighted by atomic mass is 32.2.